The first-order valence-corrected chi connectivity index (χ1v) is 25.4. The summed E-state index contributed by atoms with van der Waals surface area (Å²) in [5.74, 6) is 0.512. The Kier molecular flexibility index (Phi) is 21.0. The standard InChI is InChI=1S/C37H32.C19H17N.C7H8.C6H8.C2H6/c1-27-10-8-9-15-33-23-29(18-21-37(27)33)22-28-16-19-32(20-17-28)36-25-34(30-11-4-2-5-12-30)24-35(26-36)31-13-6-3-7-14-31;1-14-7-8-17(15-9-11-18(20)12-10-15)13-19(14)16-5-3-2-4-6-16;1-7-5-3-2-4-6-7;1-3-5-6-4-2;1-2/h2-8,10-14,16-21,23-27H,9,15,22H2,1H3;2-13H,20H2,1H3;2-6H,1H3;3-6H,1-2H2;1-2H3/b;;;6-5-;. The molecule has 0 heterocycles. The third-order valence-corrected chi connectivity index (χ3v) is 12.4. The molecule has 0 saturated heterocycles. The van der Waals surface area contributed by atoms with Crippen LogP contribution in [-0.4, -0.2) is 0 Å². The number of nitrogen functional groups attached to an aromatic ring is 1. The molecule has 1 atom stereocenters. The second-order valence-electron chi connectivity index (χ2n) is 17.7. The number of aryl methyl sites for hydroxylation is 3. The molecule has 1 aliphatic carbocycles. The molecule has 0 aliphatic heterocycles. The van der Waals surface area contributed by atoms with Crippen LogP contribution in [0.3, 0.4) is 0 Å². The molecular weight excluding hydrogens is 867 g/mol. The van der Waals surface area contributed by atoms with Gasteiger partial charge in [-0.1, -0.05) is 264 Å². The maximum absolute atomic E-state index is 5.75. The van der Waals surface area contributed by atoms with Gasteiger partial charge in [0.25, 0.3) is 0 Å². The molecule has 360 valence electrons. The van der Waals surface area contributed by atoms with Crippen LogP contribution in [0.25, 0.3) is 55.6 Å². The van der Waals surface area contributed by atoms with Crippen LogP contribution in [0.5, 0.6) is 0 Å². The van der Waals surface area contributed by atoms with E-state index in [9.17, 15) is 0 Å². The van der Waals surface area contributed by atoms with E-state index in [2.05, 4.69) is 234 Å². The molecule has 72 heavy (non-hydrogen) atoms. The summed E-state index contributed by atoms with van der Waals surface area (Å²) in [5.41, 5.74) is 27.3. The van der Waals surface area contributed by atoms with Crippen LogP contribution < -0.4 is 5.73 Å². The lowest BCUT2D eigenvalue weighted by molar-refractivity contribution is 0.936. The fourth-order valence-corrected chi connectivity index (χ4v) is 8.61. The molecule has 0 amide bonds. The molecule has 0 aromatic heterocycles. The molecule has 1 aliphatic rings. The molecule has 1 nitrogen and oxygen atoms in total. The van der Waals surface area contributed by atoms with Gasteiger partial charge in [-0.2, -0.15) is 0 Å². The van der Waals surface area contributed by atoms with Gasteiger partial charge in [0.2, 0.25) is 0 Å². The van der Waals surface area contributed by atoms with Crippen LogP contribution in [0.2, 0.25) is 0 Å². The number of allylic oxidation sites excluding steroid dienone is 6. The van der Waals surface area contributed by atoms with Crippen molar-refractivity contribution in [3.8, 4) is 55.6 Å². The molecular formula is C71H71N. The first kappa shape index (κ1) is 53.1. The number of hydrogen-bond acceptors (Lipinski definition) is 1. The van der Waals surface area contributed by atoms with E-state index in [1.807, 2.05) is 62.4 Å². The predicted octanol–water partition coefficient (Wildman–Crippen LogP) is 19.7. The average molecular weight is 938 g/mol. The zero-order valence-electron chi connectivity index (χ0n) is 43.0. The quantitative estimate of drug-likeness (QED) is 0.0871. The number of rotatable bonds is 9. The number of hydrogen-bond donors (Lipinski definition) is 1. The van der Waals surface area contributed by atoms with Crippen molar-refractivity contribution < 1.29 is 0 Å². The summed E-state index contributed by atoms with van der Waals surface area (Å²) in [6.45, 7) is 17.5. The molecule has 1 heteroatoms. The number of nitrogens with two attached hydrogens (primary N) is 1. The lowest BCUT2D eigenvalue weighted by atomic mass is 9.91. The van der Waals surface area contributed by atoms with E-state index < -0.39 is 0 Å². The number of benzene rings is 9. The highest BCUT2D eigenvalue weighted by atomic mass is 14.5. The predicted molar refractivity (Wildman–Crippen MR) is 316 cm³/mol. The second kappa shape index (κ2) is 28.4. The van der Waals surface area contributed by atoms with Crippen molar-refractivity contribution in [2.75, 3.05) is 5.73 Å². The minimum atomic E-state index is 0.512. The number of fused-ring (bicyclic) bond motifs is 1. The molecule has 10 rings (SSSR count). The lowest BCUT2D eigenvalue weighted by Gasteiger charge is -2.14. The lowest BCUT2D eigenvalue weighted by Crippen LogP contribution is -1.98. The Morgan fingerprint density at radius 2 is 0.903 bits per heavy atom. The van der Waals surface area contributed by atoms with Crippen molar-refractivity contribution in [1.82, 2.24) is 0 Å². The van der Waals surface area contributed by atoms with Crippen LogP contribution in [0.4, 0.5) is 5.69 Å². The average Bonchev–Trinajstić information content (AvgIpc) is 3.63. The van der Waals surface area contributed by atoms with Gasteiger partial charge in [0.15, 0.2) is 0 Å². The van der Waals surface area contributed by atoms with Crippen molar-refractivity contribution in [1.29, 1.82) is 0 Å². The van der Waals surface area contributed by atoms with Crippen molar-refractivity contribution in [2.45, 2.75) is 59.8 Å². The van der Waals surface area contributed by atoms with Gasteiger partial charge in [-0.05, 0) is 159 Å². The molecule has 0 bridgehead atoms. The molecule has 9 aromatic rings. The smallest absolute Gasteiger partial charge is 0.0314 e. The summed E-state index contributed by atoms with van der Waals surface area (Å²) < 4.78 is 0. The van der Waals surface area contributed by atoms with Gasteiger partial charge < -0.3 is 5.73 Å². The van der Waals surface area contributed by atoms with E-state index in [-0.39, 0.29) is 0 Å². The second-order valence-corrected chi connectivity index (χ2v) is 17.7. The van der Waals surface area contributed by atoms with Crippen molar-refractivity contribution in [3.63, 3.8) is 0 Å². The Morgan fingerprint density at radius 3 is 1.40 bits per heavy atom. The minimum Gasteiger partial charge on any atom is -0.399 e. The van der Waals surface area contributed by atoms with Crippen molar-refractivity contribution in [2.24, 2.45) is 0 Å². The van der Waals surface area contributed by atoms with E-state index in [1.165, 1.54) is 89.0 Å². The largest absolute Gasteiger partial charge is 0.399 e. The molecule has 0 saturated carbocycles. The van der Waals surface area contributed by atoms with E-state index in [1.54, 1.807) is 12.2 Å². The molecule has 0 spiro atoms. The SMILES string of the molecule is C=C/C=C\C=C.CC.CC1C=CCCc2cc(Cc3ccc(-c4cc(-c5ccccc5)cc(-c5ccccc5)c4)cc3)ccc21.Cc1ccc(-c2ccc(N)cc2)cc1-c1ccccc1.Cc1ccccc1. The van der Waals surface area contributed by atoms with Crippen LogP contribution in [-0.2, 0) is 12.8 Å². The van der Waals surface area contributed by atoms with Gasteiger partial charge in [-0.25, -0.2) is 0 Å². The van der Waals surface area contributed by atoms with Gasteiger partial charge in [-0.15, -0.1) is 0 Å². The summed E-state index contributed by atoms with van der Waals surface area (Å²) in [6.07, 6.45) is 15.0. The van der Waals surface area contributed by atoms with Crippen LogP contribution in [0.1, 0.15) is 66.5 Å². The zero-order chi connectivity index (χ0) is 50.9. The van der Waals surface area contributed by atoms with Crippen molar-refractivity contribution >= 4 is 5.69 Å². The maximum atomic E-state index is 5.75. The monoisotopic (exact) mass is 938 g/mol. The molecule has 0 fully saturated rings. The summed E-state index contributed by atoms with van der Waals surface area (Å²) >= 11 is 0. The van der Waals surface area contributed by atoms with Crippen LogP contribution in [0, 0.1) is 13.8 Å². The van der Waals surface area contributed by atoms with Crippen LogP contribution >= 0.6 is 0 Å². The molecule has 2 N–H and O–H groups in total. The maximum Gasteiger partial charge on any atom is 0.0314 e. The first-order chi connectivity index (χ1) is 35.3. The Morgan fingerprint density at radius 1 is 0.458 bits per heavy atom. The van der Waals surface area contributed by atoms with E-state index in [4.69, 9.17) is 5.73 Å². The third-order valence-electron chi connectivity index (χ3n) is 12.4. The topological polar surface area (TPSA) is 26.0 Å². The molecule has 0 radical (unpaired) electrons. The van der Waals surface area contributed by atoms with Crippen LogP contribution in [0.15, 0.2) is 274 Å². The van der Waals surface area contributed by atoms with Gasteiger partial charge in [-0.3, -0.25) is 0 Å². The summed E-state index contributed by atoms with van der Waals surface area (Å²) in [5, 5.41) is 0. The number of anilines is 1. The minimum absolute atomic E-state index is 0.512. The van der Waals surface area contributed by atoms with E-state index in [0.29, 0.717) is 5.92 Å². The van der Waals surface area contributed by atoms with Crippen molar-refractivity contribution in [3.05, 3.63) is 307 Å². The highest BCUT2D eigenvalue weighted by Gasteiger charge is 2.13. The summed E-state index contributed by atoms with van der Waals surface area (Å²) in [6, 6.07) is 79.9. The normalized spacial score (nSPS) is 12.1. The van der Waals surface area contributed by atoms with Gasteiger partial charge in [0, 0.05) is 5.69 Å². The van der Waals surface area contributed by atoms with Gasteiger partial charge in [0.1, 0.15) is 0 Å². The Labute approximate surface area is 432 Å². The zero-order valence-corrected chi connectivity index (χ0v) is 43.0. The Balaban J connectivity index is 0.000000200. The van der Waals surface area contributed by atoms with E-state index in [0.717, 1.165) is 24.9 Å². The highest BCUT2D eigenvalue weighted by molar-refractivity contribution is 5.81. The summed E-state index contributed by atoms with van der Waals surface area (Å²) in [4.78, 5) is 0. The molecule has 1 unspecified atom stereocenters. The molecule has 9 aromatic carbocycles. The van der Waals surface area contributed by atoms with E-state index >= 15 is 0 Å². The third kappa shape index (κ3) is 15.9. The highest BCUT2D eigenvalue weighted by Crippen LogP contribution is 2.34. The summed E-state index contributed by atoms with van der Waals surface area (Å²) in [7, 11) is 0. The fraction of sp³-hybridized carbons (Fsp3) is 0.127. The first-order valence-electron chi connectivity index (χ1n) is 25.4. The van der Waals surface area contributed by atoms with Gasteiger partial charge >= 0.3 is 0 Å². The Hall–Kier alpha value is -8.26. The van der Waals surface area contributed by atoms with Gasteiger partial charge in [0.05, 0.1) is 0 Å². The Bertz CT molecular complexity index is 3020. The fourth-order valence-electron chi connectivity index (χ4n) is 8.61.